The van der Waals surface area contributed by atoms with Crippen LogP contribution in [0.15, 0.2) is 29.4 Å². The van der Waals surface area contributed by atoms with Crippen LogP contribution in [-0.2, 0) is 0 Å². The minimum atomic E-state index is 0.296. The maximum absolute atomic E-state index is 9.24. The highest BCUT2D eigenvalue weighted by Crippen LogP contribution is 2.10. The molecule has 0 aromatic heterocycles. The molecule has 0 amide bonds. The number of phenolic OH excluding ortho intramolecular Hbond substituents is 1. The third kappa shape index (κ3) is 3.20. The molecule has 4 nitrogen and oxygen atoms in total. The number of nitrogens with one attached hydrogen (secondary N) is 1. The summed E-state index contributed by atoms with van der Waals surface area (Å²) in [6.07, 6.45) is 0. The van der Waals surface area contributed by atoms with Gasteiger partial charge in [-0.3, -0.25) is 5.01 Å². The molecular formula is C13H20N3O+. The molecule has 0 bridgehead atoms. The van der Waals surface area contributed by atoms with E-state index in [9.17, 15) is 5.11 Å². The molecule has 0 atom stereocenters. The number of hydrazone groups is 1. The van der Waals surface area contributed by atoms with Gasteiger partial charge in [-0.1, -0.05) is 0 Å². The summed E-state index contributed by atoms with van der Waals surface area (Å²) in [5, 5.41) is 16.0. The van der Waals surface area contributed by atoms with E-state index in [-0.39, 0.29) is 0 Å². The van der Waals surface area contributed by atoms with Crippen LogP contribution < -0.4 is 4.90 Å². The summed E-state index contributed by atoms with van der Waals surface area (Å²) in [6.45, 7) is 6.33. The molecule has 1 aliphatic heterocycles. The van der Waals surface area contributed by atoms with Crippen molar-refractivity contribution in [3.05, 3.63) is 29.8 Å². The molecule has 4 heteroatoms. The Morgan fingerprint density at radius 3 is 2.41 bits per heavy atom. The molecule has 1 aromatic carbocycles. The van der Waals surface area contributed by atoms with Gasteiger partial charge in [0, 0.05) is 0 Å². The molecule has 2 N–H and O–H groups in total. The molecule has 17 heavy (non-hydrogen) atoms. The third-order valence-electron chi connectivity index (χ3n) is 3.17. The van der Waals surface area contributed by atoms with Crippen molar-refractivity contribution < 1.29 is 10.0 Å². The van der Waals surface area contributed by atoms with Crippen molar-refractivity contribution in [2.75, 3.05) is 33.2 Å². The number of rotatable bonds is 2. The molecule has 1 aromatic rings. The van der Waals surface area contributed by atoms with Gasteiger partial charge in [0.15, 0.2) is 0 Å². The van der Waals surface area contributed by atoms with E-state index in [1.807, 2.05) is 19.1 Å². The molecule has 1 heterocycles. The first kappa shape index (κ1) is 11.9. The Bertz CT molecular complexity index is 392. The van der Waals surface area contributed by atoms with Crippen LogP contribution in [0.4, 0.5) is 0 Å². The first-order valence-corrected chi connectivity index (χ1v) is 6.06. The summed E-state index contributed by atoms with van der Waals surface area (Å²) < 4.78 is 0. The van der Waals surface area contributed by atoms with E-state index in [4.69, 9.17) is 0 Å². The Balaban J connectivity index is 2.03. The number of aromatic hydroxyl groups is 1. The van der Waals surface area contributed by atoms with E-state index >= 15 is 0 Å². The monoisotopic (exact) mass is 234 g/mol. The highest BCUT2D eigenvalue weighted by atomic mass is 16.3. The molecule has 0 spiro atoms. The van der Waals surface area contributed by atoms with Gasteiger partial charge in [0.05, 0.1) is 38.9 Å². The third-order valence-corrected chi connectivity index (χ3v) is 3.17. The Labute approximate surface area is 102 Å². The molecule has 1 fully saturated rings. The van der Waals surface area contributed by atoms with E-state index in [0.29, 0.717) is 5.75 Å². The van der Waals surface area contributed by atoms with Crippen LogP contribution in [0.25, 0.3) is 0 Å². The zero-order valence-electron chi connectivity index (χ0n) is 10.5. The normalized spacial score (nSPS) is 18.5. The minimum absolute atomic E-state index is 0.296. The average molecular weight is 234 g/mol. The lowest BCUT2D eigenvalue weighted by Gasteiger charge is -2.28. The van der Waals surface area contributed by atoms with Gasteiger partial charge in [0.1, 0.15) is 5.75 Å². The van der Waals surface area contributed by atoms with E-state index in [1.54, 1.807) is 17.0 Å². The molecule has 0 unspecified atom stereocenters. The van der Waals surface area contributed by atoms with Gasteiger partial charge in [-0.2, -0.15) is 5.10 Å². The maximum atomic E-state index is 9.24. The number of piperazine rings is 1. The predicted molar refractivity (Wildman–Crippen MR) is 68.5 cm³/mol. The summed E-state index contributed by atoms with van der Waals surface area (Å²) in [4.78, 5) is 1.57. The summed E-state index contributed by atoms with van der Waals surface area (Å²) in [7, 11) is 2.22. The number of hydrogen-bond donors (Lipinski definition) is 2. The van der Waals surface area contributed by atoms with Gasteiger partial charge < -0.3 is 10.0 Å². The average Bonchev–Trinajstić information content (AvgIpc) is 2.33. The lowest BCUT2D eigenvalue weighted by atomic mass is 10.1. The summed E-state index contributed by atoms with van der Waals surface area (Å²) >= 11 is 0. The zero-order chi connectivity index (χ0) is 12.3. The van der Waals surface area contributed by atoms with Crippen LogP contribution in [0.5, 0.6) is 5.75 Å². The van der Waals surface area contributed by atoms with E-state index in [2.05, 4.69) is 17.2 Å². The summed E-state index contributed by atoms with van der Waals surface area (Å²) in [6, 6.07) is 7.19. The molecular weight excluding hydrogens is 214 g/mol. The molecule has 1 saturated heterocycles. The number of hydrogen-bond acceptors (Lipinski definition) is 3. The SMILES string of the molecule is C/C(=N\N1CC[NH+](C)CC1)c1ccc(O)cc1. The Morgan fingerprint density at radius 1 is 1.24 bits per heavy atom. The predicted octanol–water partition coefficient (Wildman–Crippen LogP) is -0.0535. The summed E-state index contributed by atoms with van der Waals surface area (Å²) in [5.41, 5.74) is 2.07. The summed E-state index contributed by atoms with van der Waals surface area (Å²) in [5.74, 6) is 0.296. The molecule has 0 aliphatic carbocycles. The van der Waals surface area contributed by atoms with Crippen molar-refractivity contribution in [3.63, 3.8) is 0 Å². The Kier molecular flexibility index (Phi) is 3.64. The molecule has 2 rings (SSSR count). The van der Waals surface area contributed by atoms with E-state index < -0.39 is 0 Å². The largest absolute Gasteiger partial charge is 0.508 e. The second-order valence-electron chi connectivity index (χ2n) is 4.64. The number of nitrogens with zero attached hydrogens (tertiary/aromatic N) is 2. The standard InChI is InChI=1S/C13H19N3O/c1-11(12-3-5-13(17)6-4-12)14-16-9-7-15(2)8-10-16/h3-6,17H,7-10H2,1-2H3/p+1/b14-11+. The first-order chi connectivity index (χ1) is 8.15. The quantitative estimate of drug-likeness (QED) is 0.704. The second-order valence-corrected chi connectivity index (χ2v) is 4.64. The Morgan fingerprint density at radius 2 is 1.82 bits per heavy atom. The fraction of sp³-hybridized carbons (Fsp3) is 0.462. The van der Waals surface area contributed by atoms with Crippen molar-refractivity contribution in [2.24, 2.45) is 5.10 Å². The van der Waals surface area contributed by atoms with Gasteiger partial charge in [0.2, 0.25) is 0 Å². The van der Waals surface area contributed by atoms with Crippen molar-refractivity contribution in [1.29, 1.82) is 0 Å². The first-order valence-electron chi connectivity index (χ1n) is 6.06. The molecule has 0 radical (unpaired) electrons. The fourth-order valence-electron chi connectivity index (χ4n) is 1.95. The number of benzene rings is 1. The molecule has 1 aliphatic rings. The molecule has 0 saturated carbocycles. The minimum Gasteiger partial charge on any atom is -0.508 e. The van der Waals surface area contributed by atoms with Crippen molar-refractivity contribution in [1.82, 2.24) is 5.01 Å². The van der Waals surface area contributed by atoms with Crippen molar-refractivity contribution >= 4 is 5.71 Å². The van der Waals surface area contributed by atoms with E-state index in [0.717, 1.165) is 37.5 Å². The second kappa shape index (κ2) is 5.19. The lowest BCUT2D eigenvalue weighted by Crippen LogP contribution is -3.11. The van der Waals surface area contributed by atoms with Gasteiger partial charge in [-0.15, -0.1) is 0 Å². The lowest BCUT2D eigenvalue weighted by molar-refractivity contribution is -0.884. The van der Waals surface area contributed by atoms with Gasteiger partial charge in [-0.05, 0) is 36.8 Å². The van der Waals surface area contributed by atoms with Crippen LogP contribution in [-0.4, -0.2) is 49.1 Å². The van der Waals surface area contributed by atoms with Crippen LogP contribution in [0.1, 0.15) is 12.5 Å². The smallest absolute Gasteiger partial charge is 0.115 e. The van der Waals surface area contributed by atoms with Gasteiger partial charge in [-0.25, -0.2) is 0 Å². The van der Waals surface area contributed by atoms with Crippen LogP contribution in [0.3, 0.4) is 0 Å². The topological polar surface area (TPSA) is 40.3 Å². The van der Waals surface area contributed by atoms with Gasteiger partial charge in [0.25, 0.3) is 0 Å². The molecule has 92 valence electrons. The maximum Gasteiger partial charge on any atom is 0.115 e. The highest BCUT2D eigenvalue weighted by molar-refractivity contribution is 5.98. The zero-order valence-corrected chi connectivity index (χ0v) is 10.5. The highest BCUT2D eigenvalue weighted by Gasteiger charge is 2.14. The van der Waals surface area contributed by atoms with Gasteiger partial charge >= 0.3 is 0 Å². The van der Waals surface area contributed by atoms with Crippen LogP contribution >= 0.6 is 0 Å². The fourth-order valence-corrected chi connectivity index (χ4v) is 1.95. The Hall–Kier alpha value is -1.55. The number of phenols is 1. The van der Waals surface area contributed by atoms with Crippen LogP contribution in [0.2, 0.25) is 0 Å². The van der Waals surface area contributed by atoms with Crippen molar-refractivity contribution in [2.45, 2.75) is 6.92 Å². The van der Waals surface area contributed by atoms with Crippen LogP contribution in [0, 0.1) is 0 Å². The van der Waals surface area contributed by atoms with E-state index in [1.165, 1.54) is 0 Å². The number of likely N-dealkylation sites (N-methyl/N-ethyl adjacent to an activating group) is 1. The number of quaternary nitrogens is 1. The van der Waals surface area contributed by atoms with Crippen molar-refractivity contribution in [3.8, 4) is 5.75 Å².